The Morgan fingerprint density at radius 2 is 1.43 bits per heavy atom. The van der Waals surface area contributed by atoms with Crippen LogP contribution >= 0.6 is 23.2 Å². The number of Topliss-reactive ketones (excluding diaryl/α,β-unsaturated/α-hetero) is 1. The van der Waals surface area contributed by atoms with Crippen LogP contribution < -0.4 is 0 Å². The molecule has 0 heterocycles. The summed E-state index contributed by atoms with van der Waals surface area (Å²) in [6, 6.07) is 22.4. The predicted octanol–water partition coefficient (Wildman–Crippen LogP) is 6.12. The van der Waals surface area contributed by atoms with E-state index in [4.69, 9.17) is 27.9 Å². The van der Waals surface area contributed by atoms with Crippen LogP contribution in [0.4, 0.5) is 0 Å². The lowest BCUT2D eigenvalue weighted by molar-refractivity contribution is 0.0538. The van der Waals surface area contributed by atoms with Crippen molar-refractivity contribution in [1.82, 2.24) is 0 Å². The summed E-state index contributed by atoms with van der Waals surface area (Å²) in [6.07, 6.45) is 1.62. The van der Waals surface area contributed by atoms with E-state index in [2.05, 4.69) is 0 Å². The molecule has 0 atom stereocenters. The molecule has 0 aromatic heterocycles. The van der Waals surface area contributed by atoms with E-state index in [0.717, 1.165) is 0 Å². The van der Waals surface area contributed by atoms with E-state index in [9.17, 15) is 9.59 Å². The van der Waals surface area contributed by atoms with Gasteiger partial charge in [-0.05, 0) is 35.9 Å². The molecule has 0 spiro atoms. The SMILES string of the molecule is O=C(OC/C(=C/c1ccc(Cl)cc1Cl)C(=O)c1ccccc1)c1ccccc1. The maximum atomic E-state index is 12.9. The molecule has 140 valence electrons. The molecule has 0 radical (unpaired) electrons. The molecule has 3 aromatic carbocycles. The summed E-state index contributed by atoms with van der Waals surface area (Å²) in [6.45, 7) is -0.180. The second-order valence-corrected chi connectivity index (χ2v) is 6.82. The molecule has 28 heavy (non-hydrogen) atoms. The minimum absolute atomic E-state index is 0.180. The molecule has 0 amide bonds. The molecular weight excluding hydrogens is 395 g/mol. The number of ether oxygens (including phenoxy) is 1. The Kier molecular flexibility index (Phi) is 6.64. The fourth-order valence-corrected chi connectivity index (χ4v) is 3.02. The van der Waals surface area contributed by atoms with Gasteiger partial charge in [0.05, 0.1) is 5.56 Å². The largest absolute Gasteiger partial charge is 0.457 e. The molecule has 5 heteroatoms. The summed E-state index contributed by atoms with van der Waals surface area (Å²) in [4.78, 5) is 25.2. The highest BCUT2D eigenvalue weighted by Crippen LogP contribution is 2.24. The molecule has 3 rings (SSSR count). The molecule has 0 aliphatic heterocycles. The number of carbonyl (C=O) groups is 2. The Morgan fingerprint density at radius 1 is 0.821 bits per heavy atom. The van der Waals surface area contributed by atoms with Crippen molar-refractivity contribution in [3.63, 3.8) is 0 Å². The predicted molar refractivity (Wildman–Crippen MR) is 112 cm³/mol. The van der Waals surface area contributed by atoms with E-state index >= 15 is 0 Å². The van der Waals surface area contributed by atoms with Gasteiger partial charge in [-0.2, -0.15) is 0 Å². The first-order valence-electron chi connectivity index (χ1n) is 8.52. The Hall–Kier alpha value is -2.88. The molecule has 0 aliphatic rings. The topological polar surface area (TPSA) is 43.4 Å². The van der Waals surface area contributed by atoms with Crippen LogP contribution in [0.1, 0.15) is 26.3 Å². The van der Waals surface area contributed by atoms with Crippen LogP contribution in [0.5, 0.6) is 0 Å². The van der Waals surface area contributed by atoms with Gasteiger partial charge >= 0.3 is 5.97 Å². The molecule has 3 nitrogen and oxygen atoms in total. The molecular formula is C23H16Cl2O3. The van der Waals surface area contributed by atoms with Crippen LogP contribution in [0.2, 0.25) is 10.0 Å². The number of hydrogen-bond acceptors (Lipinski definition) is 3. The molecule has 0 unspecified atom stereocenters. The standard InChI is InChI=1S/C23H16Cl2O3/c24-20-12-11-18(21(25)14-20)13-19(22(26)16-7-3-1-4-8-16)15-28-23(27)17-9-5-2-6-10-17/h1-14H,15H2/b19-13-. The Balaban J connectivity index is 1.89. The zero-order valence-electron chi connectivity index (χ0n) is 14.8. The van der Waals surface area contributed by atoms with Crippen molar-refractivity contribution in [2.24, 2.45) is 0 Å². The summed E-state index contributed by atoms with van der Waals surface area (Å²) >= 11 is 12.2. The van der Waals surface area contributed by atoms with Crippen molar-refractivity contribution in [3.8, 4) is 0 Å². The summed E-state index contributed by atoms with van der Waals surface area (Å²) in [5.74, 6) is -0.748. The molecule has 0 bridgehead atoms. The van der Waals surface area contributed by atoms with Gasteiger partial charge in [0.1, 0.15) is 6.61 Å². The average Bonchev–Trinajstić information content (AvgIpc) is 2.73. The third kappa shape index (κ3) is 5.10. The quantitative estimate of drug-likeness (QED) is 0.279. The van der Waals surface area contributed by atoms with Gasteiger partial charge in [-0.1, -0.05) is 77.8 Å². The van der Waals surface area contributed by atoms with E-state index in [1.165, 1.54) is 0 Å². The van der Waals surface area contributed by atoms with Crippen LogP contribution in [-0.2, 0) is 4.74 Å². The Bertz CT molecular complexity index is 1010. The van der Waals surface area contributed by atoms with Gasteiger partial charge < -0.3 is 4.74 Å². The zero-order chi connectivity index (χ0) is 19.9. The fourth-order valence-electron chi connectivity index (χ4n) is 2.55. The van der Waals surface area contributed by atoms with Gasteiger partial charge in [-0.25, -0.2) is 4.79 Å². The van der Waals surface area contributed by atoms with Gasteiger partial charge in [0.25, 0.3) is 0 Å². The van der Waals surface area contributed by atoms with Crippen molar-refractivity contribution < 1.29 is 14.3 Å². The minimum Gasteiger partial charge on any atom is -0.457 e. The van der Waals surface area contributed by atoms with Gasteiger partial charge in [-0.15, -0.1) is 0 Å². The van der Waals surface area contributed by atoms with Gasteiger partial charge in [-0.3, -0.25) is 4.79 Å². The van der Waals surface area contributed by atoms with E-state index in [-0.39, 0.29) is 12.4 Å². The lowest BCUT2D eigenvalue weighted by atomic mass is 10.0. The van der Waals surface area contributed by atoms with E-state index in [0.29, 0.717) is 32.3 Å². The lowest BCUT2D eigenvalue weighted by Gasteiger charge is -2.10. The van der Waals surface area contributed by atoms with Crippen LogP contribution in [0.3, 0.4) is 0 Å². The van der Waals surface area contributed by atoms with Gasteiger partial charge in [0.15, 0.2) is 5.78 Å². The smallest absolute Gasteiger partial charge is 0.338 e. The number of esters is 1. The first-order valence-corrected chi connectivity index (χ1v) is 9.28. The number of benzene rings is 3. The molecule has 0 aliphatic carbocycles. The maximum Gasteiger partial charge on any atom is 0.338 e. The van der Waals surface area contributed by atoms with Gasteiger partial charge in [0.2, 0.25) is 0 Å². The van der Waals surface area contributed by atoms with Crippen LogP contribution in [-0.4, -0.2) is 18.4 Å². The molecule has 3 aromatic rings. The maximum absolute atomic E-state index is 12.9. The summed E-state index contributed by atoms with van der Waals surface area (Å²) in [5.41, 5.74) is 1.83. The number of hydrogen-bond donors (Lipinski definition) is 0. The zero-order valence-corrected chi connectivity index (χ0v) is 16.3. The lowest BCUT2D eigenvalue weighted by Crippen LogP contribution is -2.14. The first kappa shape index (κ1) is 19.9. The van der Waals surface area contributed by atoms with E-state index in [1.54, 1.807) is 72.8 Å². The Morgan fingerprint density at radius 3 is 2.04 bits per heavy atom. The summed E-state index contributed by atoms with van der Waals surface area (Å²) in [7, 11) is 0. The summed E-state index contributed by atoms with van der Waals surface area (Å²) in [5, 5.41) is 0.897. The molecule has 0 saturated heterocycles. The van der Waals surface area contributed by atoms with E-state index in [1.807, 2.05) is 12.1 Å². The summed E-state index contributed by atoms with van der Waals surface area (Å²) < 4.78 is 5.37. The fraction of sp³-hybridized carbons (Fsp3) is 0.0435. The van der Waals surface area contributed by atoms with Crippen LogP contribution in [0.15, 0.2) is 84.4 Å². The van der Waals surface area contributed by atoms with Crippen LogP contribution in [0.25, 0.3) is 6.08 Å². The highest BCUT2D eigenvalue weighted by atomic mass is 35.5. The highest BCUT2D eigenvalue weighted by molar-refractivity contribution is 6.35. The average molecular weight is 411 g/mol. The second kappa shape index (κ2) is 9.36. The van der Waals surface area contributed by atoms with Crippen molar-refractivity contribution in [2.75, 3.05) is 6.61 Å². The number of ketones is 1. The second-order valence-electron chi connectivity index (χ2n) is 5.97. The van der Waals surface area contributed by atoms with Crippen LogP contribution in [0, 0.1) is 0 Å². The molecule has 0 fully saturated rings. The van der Waals surface area contributed by atoms with Gasteiger partial charge in [0, 0.05) is 21.2 Å². The van der Waals surface area contributed by atoms with Crippen molar-refractivity contribution in [3.05, 3.63) is 111 Å². The normalized spacial score (nSPS) is 11.1. The van der Waals surface area contributed by atoms with Crippen molar-refractivity contribution in [2.45, 2.75) is 0 Å². The van der Waals surface area contributed by atoms with Crippen molar-refractivity contribution in [1.29, 1.82) is 0 Å². The Labute approximate surface area is 173 Å². The monoisotopic (exact) mass is 410 g/mol. The highest BCUT2D eigenvalue weighted by Gasteiger charge is 2.16. The number of carbonyl (C=O) groups excluding carboxylic acids is 2. The minimum atomic E-state index is -0.505. The molecule has 0 N–H and O–H groups in total. The number of halogens is 2. The first-order chi connectivity index (χ1) is 13.5. The molecule has 0 saturated carbocycles. The van der Waals surface area contributed by atoms with Crippen molar-refractivity contribution >= 4 is 41.0 Å². The number of rotatable bonds is 6. The van der Waals surface area contributed by atoms with E-state index < -0.39 is 5.97 Å². The third-order valence-electron chi connectivity index (χ3n) is 3.99. The third-order valence-corrected chi connectivity index (χ3v) is 4.55.